The Morgan fingerprint density at radius 1 is 1.05 bits per heavy atom. The number of hydrogen-bond acceptors (Lipinski definition) is 5. The fourth-order valence-corrected chi connectivity index (χ4v) is 2.06. The van der Waals surface area contributed by atoms with Crippen molar-refractivity contribution in [3.8, 4) is 5.75 Å². The minimum Gasteiger partial charge on any atom is -0.495 e. The van der Waals surface area contributed by atoms with Crippen molar-refractivity contribution in [1.82, 2.24) is 4.90 Å². The van der Waals surface area contributed by atoms with Gasteiger partial charge in [0.1, 0.15) is 5.75 Å². The van der Waals surface area contributed by atoms with Crippen LogP contribution >= 0.6 is 0 Å². The first kappa shape index (κ1) is 15.4. The summed E-state index contributed by atoms with van der Waals surface area (Å²) in [5, 5.41) is 0. The van der Waals surface area contributed by atoms with Crippen molar-refractivity contribution in [3.05, 3.63) is 12.1 Å². The quantitative estimate of drug-likeness (QED) is 0.734. The third-order valence-corrected chi connectivity index (χ3v) is 3.44. The second kappa shape index (κ2) is 7.09. The molecule has 0 heterocycles. The molecular weight excluding hydrogens is 240 g/mol. The maximum Gasteiger partial charge on any atom is 0.143 e. The molecule has 0 amide bonds. The molecule has 0 aliphatic carbocycles. The van der Waals surface area contributed by atoms with Crippen LogP contribution in [0.15, 0.2) is 12.1 Å². The Kier molecular flexibility index (Phi) is 5.76. The monoisotopic (exact) mass is 266 g/mol. The number of nitrogens with two attached hydrogens (primary N) is 2. The molecule has 0 aromatic heterocycles. The summed E-state index contributed by atoms with van der Waals surface area (Å²) in [7, 11) is 3.65. The number of nitrogens with zero attached hydrogens (tertiary/aromatic N) is 2. The lowest BCUT2D eigenvalue weighted by molar-refractivity contribution is 0.311. The molecule has 0 bridgehead atoms. The number of likely N-dealkylation sites (N-methyl/N-ethyl adjacent to an activating group) is 2. The fraction of sp³-hybridized carbons (Fsp3) is 0.571. The van der Waals surface area contributed by atoms with Crippen LogP contribution in [0.3, 0.4) is 0 Å². The van der Waals surface area contributed by atoms with Gasteiger partial charge in [0.15, 0.2) is 0 Å². The van der Waals surface area contributed by atoms with Gasteiger partial charge in [-0.2, -0.15) is 0 Å². The zero-order valence-electron chi connectivity index (χ0n) is 12.4. The van der Waals surface area contributed by atoms with Gasteiger partial charge in [-0.1, -0.05) is 13.8 Å². The summed E-state index contributed by atoms with van der Waals surface area (Å²) in [5.74, 6) is 0.666. The van der Waals surface area contributed by atoms with Crippen molar-refractivity contribution in [2.75, 3.05) is 56.7 Å². The second-order valence-electron chi connectivity index (χ2n) is 4.60. The molecule has 0 saturated carbocycles. The zero-order valence-corrected chi connectivity index (χ0v) is 12.4. The van der Waals surface area contributed by atoms with E-state index in [4.69, 9.17) is 16.2 Å². The lowest BCUT2D eigenvalue weighted by Gasteiger charge is -2.26. The lowest BCUT2D eigenvalue weighted by Crippen LogP contribution is -2.33. The maximum absolute atomic E-state index is 6.03. The second-order valence-corrected chi connectivity index (χ2v) is 4.60. The van der Waals surface area contributed by atoms with Crippen LogP contribution in [-0.4, -0.2) is 45.2 Å². The van der Waals surface area contributed by atoms with Gasteiger partial charge >= 0.3 is 0 Å². The van der Waals surface area contributed by atoms with Crippen LogP contribution in [0.1, 0.15) is 13.8 Å². The van der Waals surface area contributed by atoms with E-state index in [0.29, 0.717) is 17.1 Å². The van der Waals surface area contributed by atoms with Gasteiger partial charge in [0.25, 0.3) is 0 Å². The number of rotatable bonds is 7. The molecular formula is C14H26N4O. The SMILES string of the molecule is CCN(CC)CCN(C)c1cc(OC)c(N)cc1N. The summed E-state index contributed by atoms with van der Waals surface area (Å²) >= 11 is 0. The smallest absolute Gasteiger partial charge is 0.143 e. The van der Waals surface area contributed by atoms with Crippen molar-refractivity contribution in [2.24, 2.45) is 0 Å². The first-order chi connectivity index (χ1) is 9.03. The molecule has 0 aliphatic heterocycles. The van der Waals surface area contributed by atoms with Gasteiger partial charge in [-0.3, -0.25) is 0 Å². The largest absolute Gasteiger partial charge is 0.495 e. The Morgan fingerprint density at radius 2 is 1.68 bits per heavy atom. The number of ether oxygens (including phenoxy) is 1. The summed E-state index contributed by atoms with van der Waals surface area (Å²) in [6, 6.07) is 3.65. The predicted molar refractivity (Wildman–Crippen MR) is 82.9 cm³/mol. The van der Waals surface area contributed by atoms with Crippen molar-refractivity contribution < 1.29 is 4.74 Å². The highest BCUT2D eigenvalue weighted by molar-refractivity contribution is 5.76. The first-order valence-electron chi connectivity index (χ1n) is 6.69. The molecule has 0 fully saturated rings. The van der Waals surface area contributed by atoms with Crippen LogP contribution in [0, 0.1) is 0 Å². The van der Waals surface area contributed by atoms with E-state index < -0.39 is 0 Å². The van der Waals surface area contributed by atoms with E-state index in [0.717, 1.165) is 31.9 Å². The molecule has 19 heavy (non-hydrogen) atoms. The third-order valence-electron chi connectivity index (χ3n) is 3.44. The summed E-state index contributed by atoms with van der Waals surface area (Å²) in [5.41, 5.74) is 14.1. The van der Waals surface area contributed by atoms with E-state index in [1.54, 1.807) is 13.2 Å². The highest BCUT2D eigenvalue weighted by Crippen LogP contribution is 2.32. The highest BCUT2D eigenvalue weighted by atomic mass is 16.5. The molecule has 5 nitrogen and oxygen atoms in total. The minimum atomic E-state index is 0.570. The molecule has 0 atom stereocenters. The van der Waals surface area contributed by atoms with E-state index in [9.17, 15) is 0 Å². The Bertz CT molecular complexity index is 405. The van der Waals surface area contributed by atoms with Gasteiger partial charge < -0.3 is 26.0 Å². The van der Waals surface area contributed by atoms with Gasteiger partial charge in [0.05, 0.1) is 24.2 Å². The van der Waals surface area contributed by atoms with E-state index in [1.807, 2.05) is 13.1 Å². The molecule has 108 valence electrons. The topological polar surface area (TPSA) is 67.8 Å². The maximum atomic E-state index is 6.03. The van der Waals surface area contributed by atoms with E-state index in [1.165, 1.54) is 0 Å². The number of hydrogen-bond donors (Lipinski definition) is 2. The molecule has 0 saturated heterocycles. The minimum absolute atomic E-state index is 0.570. The van der Waals surface area contributed by atoms with Gasteiger partial charge in [-0.05, 0) is 19.2 Å². The average molecular weight is 266 g/mol. The van der Waals surface area contributed by atoms with Crippen molar-refractivity contribution >= 4 is 17.1 Å². The van der Waals surface area contributed by atoms with Gasteiger partial charge in [-0.25, -0.2) is 0 Å². The number of benzene rings is 1. The summed E-state index contributed by atoms with van der Waals surface area (Å²) < 4.78 is 5.24. The number of anilines is 3. The molecule has 1 rings (SSSR count). The number of methoxy groups -OCH3 is 1. The highest BCUT2D eigenvalue weighted by Gasteiger charge is 2.11. The van der Waals surface area contributed by atoms with E-state index in [2.05, 4.69) is 23.6 Å². The van der Waals surface area contributed by atoms with Crippen LogP contribution < -0.4 is 21.1 Å². The van der Waals surface area contributed by atoms with Gasteiger partial charge in [0, 0.05) is 26.2 Å². The normalized spacial score (nSPS) is 10.8. The van der Waals surface area contributed by atoms with Crippen molar-refractivity contribution in [3.63, 3.8) is 0 Å². The van der Waals surface area contributed by atoms with Crippen molar-refractivity contribution in [2.45, 2.75) is 13.8 Å². The molecule has 0 spiro atoms. The predicted octanol–water partition coefficient (Wildman–Crippen LogP) is 1.64. The molecule has 0 unspecified atom stereocenters. The standard InChI is InChI=1S/C14H26N4O/c1-5-18(6-2)8-7-17(3)13-10-14(19-4)12(16)9-11(13)15/h9-10H,5-8,15-16H2,1-4H3. The van der Waals surface area contributed by atoms with Gasteiger partial charge in [-0.15, -0.1) is 0 Å². The van der Waals surface area contributed by atoms with E-state index >= 15 is 0 Å². The zero-order chi connectivity index (χ0) is 14.4. The fourth-order valence-electron chi connectivity index (χ4n) is 2.06. The Labute approximate surface area is 116 Å². The lowest BCUT2D eigenvalue weighted by atomic mass is 10.2. The summed E-state index contributed by atoms with van der Waals surface area (Å²) in [6.07, 6.45) is 0. The van der Waals surface area contributed by atoms with E-state index in [-0.39, 0.29) is 0 Å². The van der Waals surface area contributed by atoms with Crippen LogP contribution in [0.4, 0.5) is 17.1 Å². The van der Waals surface area contributed by atoms with Crippen LogP contribution in [0.2, 0.25) is 0 Å². The Morgan fingerprint density at radius 3 is 2.21 bits per heavy atom. The molecule has 0 radical (unpaired) electrons. The molecule has 1 aromatic carbocycles. The van der Waals surface area contributed by atoms with Crippen molar-refractivity contribution in [1.29, 1.82) is 0 Å². The average Bonchev–Trinajstić information content (AvgIpc) is 2.39. The Hall–Kier alpha value is -1.62. The van der Waals surface area contributed by atoms with Gasteiger partial charge in [0.2, 0.25) is 0 Å². The van der Waals surface area contributed by atoms with Crippen LogP contribution in [0.25, 0.3) is 0 Å². The number of nitrogen functional groups attached to an aromatic ring is 2. The molecule has 0 aliphatic rings. The molecule has 4 N–H and O–H groups in total. The summed E-state index contributed by atoms with van der Waals surface area (Å²) in [6.45, 7) is 8.39. The van der Waals surface area contributed by atoms with Crippen LogP contribution in [0.5, 0.6) is 5.75 Å². The molecule has 5 heteroatoms. The summed E-state index contributed by atoms with van der Waals surface area (Å²) in [4.78, 5) is 4.51. The third kappa shape index (κ3) is 3.92. The Balaban J connectivity index is 2.78. The first-order valence-corrected chi connectivity index (χ1v) is 6.69. The molecule has 1 aromatic rings. The van der Waals surface area contributed by atoms with Crippen LogP contribution in [-0.2, 0) is 0 Å².